The second-order valence-electron chi connectivity index (χ2n) is 4.94. The van der Waals surface area contributed by atoms with Crippen molar-refractivity contribution in [1.29, 1.82) is 5.41 Å². The number of Topliss-reactive ketones (excluding diaryl/α,β-unsaturated/α-hetero) is 1. The monoisotopic (exact) mass is 369 g/mol. The van der Waals surface area contributed by atoms with Crippen molar-refractivity contribution in [2.24, 2.45) is 0 Å². The molecule has 0 atom stereocenters. The first-order valence-corrected chi connectivity index (χ1v) is 9.00. The quantitative estimate of drug-likeness (QED) is 0.394. The molecule has 0 unspecified atom stereocenters. The van der Waals surface area contributed by atoms with Gasteiger partial charge in [0.05, 0.1) is 0 Å². The Kier molecular flexibility index (Phi) is 11.8. The van der Waals surface area contributed by atoms with E-state index in [0.717, 1.165) is 23.1 Å². The van der Waals surface area contributed by atoms with Crippen LogP contribution in [0, 0.1) is 11.2 Å². The number of nitrogens with one attached hydrogen (secondary N) is 1. The van der Waals surface area contributed by atoms with Crippen LogP contribution in [0.2, 0.25) is 0 Å². The smallest absolute Gasteiger partial charge is 0.165 e. The summed E-state index contributed by atoms with van der Waals surface area (Å²) >= 11 is 0. The van der Waals surface area contributed by atoms with Crippen LogP contribution in [-0.4, -0.2) is 17.1 Å². The zero-order valence-corrected chi connectivity index (χ0v) is 16.6. The van der Waals surface area contributed by atoms with Crippen LogP contribution in [0.1, 0.15) is 50.5 Å². The van der Waals surface area contributed by atoms with Crippen molar-refractivity contribution in [3.8, 4) is 5.75 Å². The second kappa shape index (κ2) is 13.2. The number of fused-ring (bicyclic) bond motifs is 1. The van der Waals surface area contributed by atoms with Crippen LogP contribution in [0.3, 0.4) is 0 Å². The molecule has 3 aromatic carbocycles. The van der Waals surface area contributed by atoms with E-state index in [0.29, 0.717) is 0 Å². The van der Waals surface area contributed by atoms with Gasteiger partial charge >= 0.3 is 0 Å². The van der Waals surface area contributed by atoms with Gasteiger partial charge in [-0.3, -0.25) is 4.79 Å². The molecule has 0 aromatic heterocycles. The number of halogens is 1. The Hall–Kier alpha value is -3.01. The number of ketones is 1. The van der Waals surface area contributed by atoms with Crippen LogP contribution < -0.4 is 0 Å². The number of aromatic hydroxyl groups is 1. The highest BCUT2D eigenvalue weighted by Gasteiger charge is 2.03. The average molecular weight is 369 g/mol. The van der Waals surface area contributed by atoms with Crippen molar-refractivity contribution in [2.75, 3.05) is 0 Å². The Morgan fingerprint density at radius 2 is 1.56 bits per heavy atom. The first kappa shape index (κ1) is 24.0. The topological polar surface area (TPSA) is 61.1 Å². The lowest BCUT2D eigenvalue weighted by Gasteiger charge is -1.99. The van der Waals surface area contributed by atoms with Gasteiger partial charge in [-0.15, -0.1) is 0 Å². The first-order valence-electron chi connectivity index (χ1n) is 9.00. The molecule has 0 bridgehead atoms. The number of carbonyl (C=O) groups is 1. The van der Waals surface area contributed by atoms with Crippen LogP contribution in [0.15, 0.2) is 60.7 Å². The Bertz CT molecular complexity index is 855. The molecule has 3 rings (SSSR count). The number of carbonyl (C=O) groups excluding carboxylic acids is 1. The zero-order chi connectivity index (χ0) is 20.8. The van der Waals surface area contributed by atoms with Crippen molar-refractivity contribution in [2.45, 2.75) is 34.6 Å². The predicted octanol–water partition coefficient (Wildman–Crippen LogP) is 6.62. The minimum absolute atomic E-state index is 0.219. The molecule has 0 aliphatic rings. The van der Waals surface area contributed by atoms with Gasteiger partial charge in [0.1, 0.15) is 0 Å². The third kappa shape index (κ3) is 7.40. The van der Waals surface area contributed by atoms with E-state index in [2.05, 4.69) is 12.1 Å². The molecular formula is C23H28FNO2. The summed E-state index contributed by atoms with van der Waals surface area (Å²) in [6.45, 7) is 9.34. The Morgan fingerprint density at radius 1 is 0.963 bits per heavy atom. The third-order valence-corrected chi connectivity index (χ3v) is 3.33. The maximum Gasteiger partial charge on any atom is 0.165 e. The van der Waals surface area contributed by atoms with Crippen molar-refractivity contribution < 1.29 is 14.3 Å². The summed E-state index contributed by atoms with van der Waals surface area (Å²) in [5.41, 5.74) is 1.24. The molecule has 3 aromatic rings. The summed E-state index contributed by atoms with van der Waals surface area (Å²) in [5.74, 6) is -1.42. The van der Waals surface area contributed by atoms with Gasteiger partial charge in [0.25, 0.3) is 0 Å². The summed E-state index contributed by atoms with van der Waals surface area (Å²) in [7, 11) is 0. The largest absolute Gasteiger partial charge is 0.505 e. The van der Waals surface area contributed by atoms with E-state index < -0.39 is 11.6 Å². The van der Waals surface area contributed by atoms with Gasteiger partial charge in [0.2, 0.25) is 0 Å². The van der Waals surface area contributed by atoms with E-state index in [1.54, 1.807) is 0 Å². The first-order chi connectivity index (χ1) is 13.0. The number of hydrogen-bond donors (Lipinski definition) is 2. The summed E-state index contributed by atoms with van der Waals surface area (Å²) in [6.07, 6.45) is 1.39. The van der Waals surface area contributed by atoms with Gasteiger partial charge in [-0.05, 0) is 41.5 Å². The third-order valence-electron chi connectivity index (χ3n) is 3.33. The minimum atomic E-state index is -0.766. The molecule has 0 spiro atoms. The molecule has 0 aliphatic carbocycles. The SMILES string of the molecule is CC.CC.CC(=O)c1ccc(O)c(F)c1.N=Cc1cccc2ccccc12. The van der Waals surface area contributed by atoms with Crippen LogP contribution in [-0.2, 0) is 0 Å². The molecule has 0 aliphatic heterocycles. The molecule has 0 saturated carbocycles. The van der Waals surface area contributed by atoms with E-state index in [4.69, 9.17) is 10.5 Å². The lowest BCUT2D eigenvalue weighted by Crippen LogP contribution is -1.91. The molecule has 0 amide bonds. The van der Waals surface area contributed by atoms with Gasteiger partial charge in [0, 0.05) is 11.8 Å². The molecule has 3 nitrogen and oxygen atoms in total. The maximum absolute atomic E-state index is 12.5. The van der Waals surface area contributed by atoms with Gasteiger partial charge in [0.15, 0.2) is 17.3 Å². The van der Waals surface area contributed by atoms with Crippen LogP contribution in [0.4, 0.5) is 4.39 Å². The van der Waals surface area contributed by atoms with Gasteiger partial charge in [-0.2, -0.15) is 0 Å². The van der Waals surface area contributed by atoms with Crippen molar-refractivity contribution in [3.05, 3.63) is 77.6 Å². The Balaban J connectivity index is 0.000000425. The number of rotatable bonds is 2. The molecular weight excluding hydrogens is 341 g/mol. The van der Waals surface area contributed by atoms with E-state index in [1.165, 1.54) is 24.6 Å². The number of phenols is 1. The molecule has 4 heteroatoms. The van der Waals surface area contributed by atoms with Crippen LogP contribution in [0.25, 0.3) is 10.8 Å². The van der Waals surface area contributed by atoms with Crippen molar-refractivity contribution in [1.82, 2.24) is 0 Å². The van der Waals surface area contributed by atoms with Gasteiger partial charge in [-0.1, -0.05) is 70.2 Å². The number of phenolic OH excluding ortho intramolecular Hbond substituents is 1. The Morgan fingerprint density at radius 3 is 2.11 bits per heavy atom. The zero-order valence-electron chi connectivity index (χ0n) is 16.6. The van der Waals surface area contributed by atoms with Gasteiger partial charge < -0.3 is 10.5 Å². The maximum atomic E-state index is 12.5. The molecule has 0 saturated heterocycles. The summed E-state index contributed by atoms with van der Waals surface area (Å²) in [4.78, 5) is 10.7. The number of hydrogen-bond acceptors (Lipinski definition) is 3. The second-order valence-corrected chi connectivity index (χ2v) is 4.94. The predicted molar refractivity (Wildman–Crippen MR) is 113 cm³/mol. The lowest BCUT2D eigenvalue weighted by atomic mass is 10.1. The number of benzene rings is 3. The minimum Gasteiger partial charge on any atom is -0.505 e. The fourth-order valence-electron chi connectivity index (χ4n) is 2.10. The molecule has 27 heavy (non-hydrogen) atoms. The highest BCUT2D eigenvalue weighted by molar-refractivity contribution is 5.98. The highest BCUT2D eigenvalue weighted by Crippen LogP contribution is 2.17. The standard InChI is InChI=1S/C11H9N.C8H7FO2.2C2H6/c12-8-10-6-3-5-9-4-1-2-7-11(9)10;1-5(10)6-2-3-8(11)7(9)4-6;2*1-2/h1-8,12H;2-4,11H,1H3;2*1-2H3. The summed E-state index contributed by atoms with van der Waals surface area (Å²) < 4.78 is 12.5. The molecule has 2 N–H and O–H groups in total. The van der Waals surface area contributed by atoms with E-state index >= 15 is 0 Å². The Labute approximate surface area is 161 Å². The normalized spacial score (nSPS) is 8.81. The van der Waals surface area contributed by atoms with Crippen molar-refractivity contribution >= 4 is 22.8 Å². The molecule has 0 radical (unpaired) electrons. The lowest BCUT2D eigenvalue weighted by molar-refractivity contribution is 0.101. The molecule has 0 fully saturated rings. The van der Waals surface area contributed by atoms with Crippen molar-refractivity contribution in [3.63, 3.8) is 0 Å². The summed E-state index contributed by atoms with van der Waals surface area (Å²) in [6, 6.07) is 17.6. The van der Waals surface area contributed by atoms with Crippen LogP contribution in [0.5, 0.6) is 5.75 Å². The molecule has 144 valence electrons. The van der Waals surface area contributed by atoms with E-state index in [-0.39, 0.29) is 11.3 Å². The fourth-order valence-corrected chi connectivity index (χ4v) is 2.10. The van der Waals surface area contributed by atoms with E-state index in [9.17, 15) is 9.18 Å². The fraction of sp³-hybridized carbons (Fsp3) is 0.217. The molecule has 0 heterocycles. The van der Waals surface area contributed by atoms with Gasteiger partial charge in [-0.25, -0.2) is 4.39 Å². The summed E-state index contributed by atoms with van der Waals surface area (Å²) in [5, 5.41) is 18.3. The average Bonchev–Trinajstić information content (AvgIpc) is 2.73. The highest BCUT2D eigenvalue weighted by atomic mass is 19.1. The van der Waals surface area contributed by atoms with E-state index in [1.807, 2.05) is 58.0 Å². The van der Waals surface area contributed by atoms with Crippen LogP contribution >= 0.6 is 0 Å².